The Labute approximate surface area is 187 Å². The number of rotatable bonds is 4. The van der Waals surface area contributed by atoms with E-state index in [2.05, 4.69) is 22.1 Å². The maximum absolute atomic E-state index is 12.8. The molecule has 0 bridgehead atoms. The van der Waals surface area contributed by atoms with Crippen LogP contribution in [0.25, 0.3) is 0 Å². The molecule has 0 radical (unpaired) electrons. The van der Waals surface area contributed by atoms with Crippen molar-refractivity contribution in [3.8, 4) is 0 Å². The Morgan fingerprint density at radius 3 is 2.61 bits per heavy atom. The van der Waals surface area contributed by atoms with Gasteiger partial charge in [0.15, 0.2) is 5.17 Å². The lowest BCUT2D eigenvalue weighted by Crippen LogP contribution is -2.37. The molecule has 1 aromatic rings. The third-order valence-electron chi connectivity index (χ3n) is 6.19. The van der Waals surface area contributed by atoms with Gasteiger partial charge in [-0.15, -0.1) is 0 Å². The van der Waals surface area contributed by atoms with Crippen LogP contribution < -0.4 is 5.32 Å². The van der Waals surface area contributed by atoms with E-state index in [1.807, 2.05) is 4.90 Å². The van der Waals surface area contributed by atoms with Gasteiger partial charge in [0.25, 0.3) is 11.8 Å². The van der Waals surface area contributed by atoms with E-state index in [9.17, 15) is 14.4 Å². The van der Waals surface area contributed by atoms with Gasteiger partial charge in [-0.3, -0.25) is 14.4 Å². The number of anilines is 1. The molecule has 0 saturated carbocycles. The summed E-state index contributed by atoms with van der Waals surface area (Å²) in [6, 6.07) is 7.05. The Bertz CT molecular complexity index is 873. The normalized spacial score (nSPS) is 22.4. The number of likely N-dealkylation sites (tertiary alicyclic amines) is 2. The summed E-state index contributed by atoms with van der Waals surface area (Å²) in [6.07, 6.45) is 5.57. The zero-order valence-corrected chi connectivity index (χ0v) is 18.8. The van der Waals surface area contributed by atoms with E-state index < -0.39 is 5.25 Å². The molecule has 3 heterocycles. The quantitative estimate of drug-likeness (QED) is 0.773. The van der Waals surface area contributed by atoms with Crippen molar-refractivity contribution in [1.29, 1.82) is 0 Å². The molecule has 8 heteroatoms. The molecule has 1 aromatic carbocycles. The number of nitrogens with one attached hydrogen (secondary N) is 1. The minimum absolute atomic E-state index is 0.00379. The Kier molecular flexibility index (Phi) is 6.95. The fraction of sp³-hybridized carbons (Fsp3) is 0.565. The molecule has 2 fully saturated rings. The summed E-state index contributed by atoms with van der Waals surface area (Å²) in [5, 5.41) is 3.13. The lowest BCUT2D eigenvalue weighted by Gasteiger charge is -2.30. The van der Waals surface area contributed by atoms with E-state index in [0.29, 0.717) is 17.2 Å². The zero-order valence-electron chi connectivity index (χ0n) is 18.0. The second kappa shape index (κ2) is 9.85. The average Bonchev–Trinajstić information content (AvgIpc) is 3.14. The number of thioether (sulfide) groups is 1. The first-order valence-corrected chi connectivity index (χ1v) is 12.1. The Hall–Kier alpha value is -2.35. The van der Waals surface area contributed by atoms with Crippen molar-refractivity contribution in [2.24, 2.45) is 10.9 Å². The first-order chi connectivity index (χ1) is 15.0. The number of nitrogens with zero attached hydrogens (tertiary/aromatic N) is 3. The molecule has 0 aromatic heterocycles. The molecule has 4 rings (SSSR count). The summed E-state index contributed by atoms with van der Waals surface area (Å²) in [7, 11) is 0. The van der Waals surface area contributed by atoms with Crippen molar-refractivity contribution in [3.05, 3.63) is 29.8 Å². The van der Waals surface area contributed by atoms with Crippen molar-refractivity contribution in [1.82, 2.24) is 9.80 Å². The fourth-order valence-electron chi connectivity index (χ4n) is 4.23. The zero-order chi connectivity index (χ0) is 21.8. The topological polar surface area (TPSA) is 82.1 Å². The van der Waals surface area contributed by atoms with Crippen molar-refractivity contribution < 1.29 is 14.4 Å². The number of benzene rings is 1. The molecule has 3 aliphatic rings. The summed E-state index contributed by atoms with van der Waals surface area (Å²) in [4.78, 5) is 45.9. The van der Waals surface area contributed by atoms with E-state index in [-0.39, 0.29) is 24.1 Å². The SMILES string of the molecule is CC1CCN(C(=O)c2cccc(NC(=O)CC3SC(N4CCCCC4)=NC3=O)c2)CC1. The van der Waals surface area contributed by atoms with Crippen LogP contribution in [0.1, 0.15) is 55.8 Å². The Morgan fingerprint density at radius 2 is 1.87 bits per heavy atom. The summed E-state index contributed by atoms with van der Waals surface area (Å²) in [5.74, 6) is 0.190. The minimum Gasteiger partial charge on any atom is -0.351 e. The van der Waals surface area contributed by atoms with Gasteiger partial charge >= 0.3 is 0 Å². The first kappa shape index (κ1) is 21.9. The molecular weight excluding hydrogens is 412 g/mol. The van der Waals surface area contributed by atoms with Crippen LogP contribution in [-0.4, -0.2) is 64.1 Å². The summed E-state index contributed by atoms with van der Waals surface area (Å²) in [6.45, 7) is 5.61. The summed E-state index contributed by atoms with van der Waals surface area (Å²) >= 11 is 1.40. The molecule has 7 nitrogen and oxygen atoms in total. The third kappa shape index (κ3) is 5.47. The lowest BCUT2D eigenvalue weighted by atomic mass is 9.98. The molecule has 166 valence electrons. The highest BCUT2D eigenvalue weighted by Crippen LogP contribution is 2.29. The van der Waals surface area contributed by atoms with Crippen LogP contribution in [0.4, 0.5) is 5.69 Å². The summed E-state index contributed by atoms with van der Waals surface area (Å²) < 4.78 is 0. The van der Waals surface area contributed by atoms with Crippen molar-refractivity contribution in [2.75, 3.05) is 31.5 Å². The second-order valence-electron chi connectivity index (χ2n) is 8.69. The lowest BCUT2D eigenvalue weighted by molar-refractivity contribution is -0.121. The first-order valence-electron chi connectivity index (χ1n) is 11.2. The Balaban J connectivity index is 1.31. The van der Waals surface area contributed by atoms with E-state index in [1.54, 1.807) is 24.3 Å². The molecule has 1 N–H and O–H groups in total. The highest BCUT2D eigenvalue weighted by molar-refractivity contribution is 8.15. The number of piperidine rings is 2. The van der Waals surface area contributed by atoms with E-state index in [1.165, 1.54) is 18.2 Å². The van der Waals surface area contributed by atoms with Gasteiger partial charge in [0.1, 0.15) is 5.25 Å². The standard InChI is InChI=1S/C23H30N4O3S/c1-16-8-12-26(13-9-16)22(30)17-6-5-7-18(14-17)24-20(28)15-19-21(29)25-23(31-19)27-10-3-2-4-11-27/h5-7,14,16,19H,2-4,8-13,15H2,1H3,(H,24,28). The minimum atomic E-state index is -0.475. The number of hydrogen-bond acceptors (Lipinski definition) is 5. The highest BCUT2D eigenvalue weighted by Gasteiger charge is 2.33. The van der Waals surface area contributed by atoms with Gasteiger partial charge < -0.3 is 15.1 Å². The van der Waals surface area contributed by atoms with Crippen LogP contribution in [0.5, 0.6) is 0 Å². The van der Waals surface area contributed by atoms with Crippen LogP contribution >= 0.6 is 11.8 Å². The maximum Gasteiger partial charge on any atom is 0.262 e. The van der Waals surface area contributed by atoms with E-state index in [4.69, 9.17) is 0 Å². The Morgan fingerprint density at radius 1 is 1.13 bits per heavy atom. The number of aliphatic imine (C=N–C) groups is 1. The molecule has 0 spiro atoms. The summed E-state index contributed by atoms with van der Waals surface area (Å²) in [5.41, 5.74) is 1.16. The van der Waals surface area contributed by atoms with Crippen LogP contribution in [0.15, 0.2) is 29.3 Å². The van der Waals surface area contributed by atoms with Crippen molar-refractivity contribution >= 4 is 40.3 Å². The number of carbonyl (C=O) groups excluding carboxylic acids is 3. The number of carbonyl (C=O) groups is 3. The fourth-order valence-corrected chi connectivity index (χ4v) is 5.35. The van der Waals surface area contributed by atoms with Gasteiger partial charge in [-0.25, -0.2) is 0 Å². The van der Waals surface area contributed by atoms with Gasteiger partial charge in [-0.2, -0.15) is 4.99 Å². The van der Waals surface area contributed by atoms with Crippen LogP contribution in [0, 0.1) is 5.92 Å². The molecular formula is C23H30N4O3S. The van der Waals surface area contributed by atoms with Gasteiger partial charge in [-0.05, 0) is 56.2 Å². The molecule has 2 saturated heterocycles. The van der Waals surface area contributed by atoms with Gasteiger partial charge in [0.2, 0.25) is 5.91 Å². The third-order valence-corrected chi connectivity index (χ3v) is 7.40. The molecule has 1 atom stereocenters. The van der Waals surface area contributed by atoms with Gasteiger partial charge in [0.05, 0.1) is 0 Å². The molecule has 3 amide bonds. The smallest absolute Gasteiger partial charge is 0.262 e. The van der Waals surface area contributed by atoms with Crippen LogP contribution in [-0.2, 0) is 9.59 Å². The highest BCUT2D eigenvalue weighted by atomic mass is 32.2. The number of amidine groups is 1. The van der Waals surface area contributed by atoms with E-state index in [0.717, 1.165) is 57.0 Å². The average molecular weight is 443 g/mol. The van der Waals surface area contributed by atoms with Gasteiger partial charge in [-0.1, -0.05) is 24.8 Å². The van der Waals surface area contributed by atoms with Gasteiger partial charge in [0, 0.05) is 43.9 Å². The number of hydrogen-bond donors (Lipinski definition) is 1. The molecule has 1 unspecified atom stereocenters. The van der Waals surface area contributed by atoms with Crippen LogP contribution in [0.2, 0.25) is 0 Å². The predicted octanol–water partition coefficient (Wildman–Crippen LogP) is 3.37. The largest absolute Gasteiger partial charge is 0.351 e. The molecule has 3 aliphatic heterocycles. The van der Waals surface area contributed by atoms with Crippen molar-refractivity contribution in [2.45, 2.75) is 50.7 Å². The molecule has 0 aliphatic carbocycles. The van der Waals surface area contributed by atoms with Crippen LogP contribution in [0.3, 0.4) is 0 Å². The van der Waals surface area contributed by atoms with Crippen molar-refractivity contribution in [3.63, 3.8) is 0 Å². The molecule has 31 heavy (non-hydrogen) atoms. The predicted molar refractivity (Wildman–Crippen MR) is 123 cm³/mol. The number of amides is 3. The van der Waals surface area contributed by atoms with E-state index >= 15 is 0 Å². The maximum atomic E-state index is 12.8. The second-order valence-corrected chi connectivity index (χ2v) is 9.86. The monoisotopic (exact) mass is 442 g/mol.